The van der Waals surface area contributed by atoms with Gasteiger partial charge in [0.25, 0.3) is 5.91 Å². The summed E-state index contributed by atoms with van der Waals surface area (Å²) in [6, 6.07) is 22.1. The van der Waals surface area contributed by atoms with Crippen LogP contribution in [0.4, 0.5) is 11.4 Å². The average molecular weight is 403 g/mol. The van der Waals surface area contributed by atoms with Crippen molar-refractivity contribution in [2.24, 2.45) is 0 Å². The highest BCUT2D eigenvalue weighted by Gasteiger charge is 2.08. The third-order valence-corrected chi connectivity index (χ3v) is 4.59. The van der Waals surface area contributed by atoms with Crippen molar-refractivity contribution in [3.63, 3.8) is 0 Å². The Kier molecular flexibility index (Phi) is 7.05. The van der Waals surface area contributed by atoms with Crippen LogP contribution in [0.1, 0.15) is 21.5 Å². The summed E-state index contributed by atoms with van der Waals surface area (Å²) >= 11 is 0. The van der Waals surface area contributed by atoms with Crippen LogP contribution in [0.25, 0.3) is 0 Å². The first-order valence-electron chi connectivity index (χ1n) is 9.65. The van der Waals surface area contributed by atoms with E-state index in [1.165, 1.54) is 0 Å². The first-order chi connectivity index (χ1) is 14.5. The SMILES string of the molecule is COc1cccc(CNC(=O)CNc2cc(NC(=O)c3ccccc3)ccc2C)c1. The third-order valence-electron chi connectivity index (χ3n) is 4.59. The highest BCUT2D eigenvalue weighted by molar-refractivity contribution is 6.04. The van der Waals surface area contributed by atoms with E-state index in [4.69, 9.17) is 4.74 Å². The molecule has 3 aromatic rings. The second-order valence-corrected chi connectivity index (χ2v) is 6.83. The number of anilines is 2. The van der Waals surface area contributed by atoms with Crippen LogP contribution in [0.15, 0.2) is 72.8 Å². The van der Waals surface area contributed by atoms with Crippen LogP contribution in [0, 0.1) is 6.92 Å². The number of aryl methyl sites for hydroxylation is 1. The minimum Gasteiger partial charge on any atom is -0.497 e. The monoisotopic (exact) mass is 403 g/mol. The molecule has 0 heterocycles. The molecule has 0 saturated heterocycles. The Morgan fingerprint density at radius 3 is 2.50 bits per heavy atom. The standard InChI is InChI=1S/C24H25N3O3/c1-17-11-12-20(27-24(29)19-8-4-3-5-9-19)14-22(17)25-16-23(28)26-15-18-7-6-10-21(13-18)30-2/h3-14,25H,15-16H2,1-2H3,(H,26,28)(H,27,29). The summed E-state index contributed by atoms with van der Waals surface area (Å²) in [4.78, 5) is 24.6. The number of hydrogen-bond donors (Lipinski definition) is 3. The first-order valence-corrected chi connectivity index (χ1v) is 9.65. The zero-order valence-corrected chi connectivity index (χ0v) is 17.1. The zero-order chi connectivity index (χ0) is 21.3. The number of amides is 2. The predicted molar refractivity (Wildman–Crippen MR) is 119 cm³/mol. The molecular formula is C24H25N3O3. The Bertz CT molecular complexity index is 1020. The van der Waals surface area contributed by atoms with Crippen LogP contribution in [0.2, 0.25) is 0 Å². The van der Waals surface area contributed by atoms with Crippen molar-refractivity contribution in [2.45, 2.75) is 13.5 Å². The van der Waals surface area contributed by atoms with Gasteiger partial charge in [0, 0.05) is 23.5 Å². The zero-order valence-electron chi connectivity index (χ0n) is 17.1. The van der Waals surface area contributed by atoms with E-state index in [-0.39, 0.29) is 18.4 Å². The summed E-state index contributed by atoms with van der Waals surface area (Å²) < 4.78 is 5.19. The third kappa shape index (κ3) is 5.85. The molecule has 6 heteroatoms. The minimum absolute atomic E-state index is 0.126. The Hall–Kier alpha value is -3.80. The van der Waals surface area contributed by atoms with E-state index in [1.807, 2.05) is 67.6 Å². The Morgan fingerprint density at radius 2 is 1.73 bits per heavy atom. The number of carbonyl (C=O) groups is 2. The molecule has 6 nitrogen and oxygen atoms in total. The highest BCUT2D eigenvalue weighted by Crippen LogP contribution is 2.21. The molecular weight excluding hydrogens is 378 g/mol. The summed E-state index contributed by atoms with van der Waals surface area (Å²) in [5.41, 5.74) is 3.98. The van der Waals surface area contributed by atoms with Crippen molar-refractivity contribution in [1.82, 2.24) is 5.32 Å². The maximum absolute atomic E-state index is 12.3. The summed E-state index contributed by atoms with van der Waals surface area (Å²) in [5.74, 6) is 0.447. The molecule has 0 unspecified atom stereocenters. The fourth-order valence-electron chi connectivity index (χ4n) is 2.90. The van der Waals surface area contributed by atoms with E-state index in [0.29, 0.717) is 17.8 Å². The molecule has 3 rings (SSSR count). The van der Waals surface area contributed by atoms with Gasteiger partial charge in [0.05, 0.1) is 13.7 Å². The van der Waals surface area contributed by atoms with E-state index < -0.39 is 0 Å². The Morgan fingerprint density at radius 1 is 0.933 bits per heavy atom. The van der Waals surface area contributed by atoms with Gasteiger partial charge < -0.3 is 20.7 Å². The summed E-state index contributed by atoms with van der Waals surface area (Å²) in [7, 11) is 1.61. The molecule has 0 radical (unpaired) electrons. The number of methoxy groups -OCH3 is 1. The van der Waals surface area contributed by atoms with Gasteiger partial charge in [-0.25, -0.2) is 0 Å². The van der Waals surface area contributed by atoms with Gasteiger partial charge >= 0.3 is 0 Å². The summed E-state index contributed by atoms with van der Waals surface area (Å²) in [6.45, 7) is 2.49. The van der Waals surface area contributed by atoms with Gasteiger partial charge in [0.1, 0.15) is 5.75 Å². The second-order valence-electron chi connectivity index (χ2n) is 6.83. The lowest BCUT2D eigenvalue weighted by Crippen LogP contribution is -2.29. The Labute approximate surface area is 176 Å². The van der Waals surface area contributed by atoms with Gasteiger partial charge in [-0.05, 0) is 54.4 Å². The molecule has 0 saturated carbocycles. The highest BCUT2D eigenvalue weighted by atomic mass is 16.5. The van der Waals surface area contributed by atoms with Crippen LogP contribution in [0.5, 0.6) is 5.75 Å². The lowest BCUT2D eigenvalue weighted by molar-refractivity contribution is -0.119. The molecule has 2 amide bonds. The molecule has 0 aliphatic carbocycles. The van der Waals surface area contributed by atoms with Gasteiger partial charge in [-0.15, -0.1) is 0 Å². The van der Waals surface area contributed by atoms with E-state index in [1.54, 1.807) is 19.2 Å². The molecule has 154 valence electrons. The second kappa shape index (κ2) is 10.1. The van der Waals surface area contributed by atoms with Crippen LogP contribution >= 0.6 is 0 Å². The van der Waals surface area contributed by atoms with Gasteiger partial charge in [-0.1, -0.05) is 36.4 Å². The normalized spacial score (nSPS) is 10.2. The molecule has 0 atom stereocenters. The molecule has 0 spiro atoms. The van der Waals surface area contributed by atoms with Gasteiger partial charge in [-0.2, -0.15) is 0 Å². The lowest BCUT2D eigenvalue weighted by atomic mass is 10.1. The van der Waals surface area contributed by atoms with Crippen molar-refractivity contribution < 1.29 is 14.3 Å². The number of hydrogen-bond acceptors (Lipinski definition) is 4. The van der Waals surface area contributed by atoms with E-state index in [0.717, 1.165) is 22.6 Å². The summed E-state index contributed by atoms with van der Waals surface area (Å²) in [5, 5.41) is 8.90. The molecule has 30 heavy (non-hydrogen) atoms. The topological polar surface area (TPSA) is 79.5 Å². The van der Waals surface area contributed by atoms with Gasteiger partial charge in [0.15, 0.2) is 0 Å². The molecule has 0 aliphatic rings. The number of benzene rings is 3. The minimum atomic E-state index is -0.179. The maximum Gasteiger partial charge on any atom is 0.255 e. The van der Waals surface area contributed by atoms with Crippen molar-refractivity contribution in [1.29, 1.82) is 0 Å². The Balaban J connectivity index is 1.55. The molecule has 0 aromatic heterocycles. The number of carbonyl (C=O) groups excluding carboxylic acids is 2. The number of rotatable bonds is 8. The fraction of sp³-hybridized carbons (Fsp3) is 0.167. The smallest absolute Gasteiger partial charge is 0.255 e. The van der Waals surface area contributed by atoms with E-state index in [9.17, 15) is 9.59 Å². The fourth-order valence-corrected chi connectivity index (χ4v) is 2.90. The van der Waals surface area contributed by atoms with E-state index >= 15 is 0 Å². The maximum atomic E-state index is 12.3. The van der Waals surface area contributed by atoms with Crippen molar-refractivity contribution in [3.05, 3.63) is 89.5 Å². The average Bonchev–Trinajstić information content (AvgIpc) is 2.78. The quantitative estimate of drug-likeness (QED) is 0.531. The predicted octanol–water partition coefficient (Wildman–Crippen LogP) is 3.98. The van der Waals surface area contributed by atoms with Crippen LogP contribution in [-0.4, -0.2) is 25.5 Å². The van der Waals surface area contributed by atoms with Crippen LogP contribution in [-0.2, 0) is 11.3 Å². The lowest BCUT2D eigenvalue weighted by Gasteiger charge is -2.13. The van der Waals surface area contributed by atoms with Gasteiger partial charge in [0.2, 0.25) is 5.91 Å². The molecule has 0 aliphatic heterocycles. The van der Waals surface area contributed by atoms with Crippen LogP contribution in [0.3, 0.4) is 0 Å². The molecule has 0 bridgehead atoms. The van der Waals surface area contributed by atoms with Crippen molar-refractivity contribution in [2.75, 3.05) is 24.3 Å². The van der Waals surface area contributed by atoms with Crippen molar-refractivity contribution in [3.8, 4) is 5.75 Å². The van der Waals surface area contributed by atoms with Crippen molar-refractivity contribution >= 4 is 23.2 Å². The van der Waals surface area contributed by atoms with E-state index in [2.05, 4.69) is 16.0 Å². The molecule has 0 fully saturated rings. The first kappa shape index (κ1) is 20.9. The number of ether oxygens (including phenoxy) is 1. The van der Waals surface area contributed by atoms with Crippen LogP contribution < -0.4 is 20.7 Å². The molecule has 3 N–H and O–H groups in total. The largest absolute Gasteiger partial charge is 0.497 e. The summed E-state index contributed by atoms with van der Waals surface area (Å²) in [6.07, 6.45) is 0. The van der Waals surface area contributed by atoms with Gasteiger partial charge in [-0.3, -0.25) is 9.59 Å². The molecule has 3 aromatic carbocycles. The number of nitrogens with one attached hydrogen (secondary N) is 3.